The van der Waals surface area contributed by atoms with Crippen LogP contribution in [0.15, 0.2) is 53.1 Å². The molecule has 0 saturated carbocycles. The van der Waals surface area contributed by atoms with E-state index in [1.165, 1.54) is 0 Å². The second-order valence-corrected chi connectivity index (χ2v) is 7.17. The standard InChI is InChI=1S/C21H36N4O2/c1-7-12-25(13-8-2)18(17(4)5)15-23-20(22-9-3)24-16-21(6,26)19-11-10-14-27-19/h7-8,10-11,14,17-18,26H,1-2,9,12-13,15-16H2,3-6H3,(H2,22,23,24). The van der Waals surface area contributed by atoms with Crippen molar-refractivity contribution in [2.24, 2.45) is 10.9 Å². The van der Waals surface area contributed by atoms with E-state index in [0.29, 0.717) is 23.7 Å². The quantitative estimate of drug-likeness (QED) is 0.297. The van der Waals surface area contributed by atoms with Crippen molar-refractivity contribution in [3.05, 3.63) is 49.5 Å². The Balaban J connectivity index is 2.81. The number of aliphatic hydroxyl groups is 1. The van der Waals surface area contributed by atoms with Crippen molar-refractivity contribution in [3.63, 3.8) is 0 Å². The van der Waals surface area contributed by atoms with Crippen molar-refractivity contribution in [2.45, 2.75) is 39.3 Å². The summed E-state index contributed by atoms with van der Waals surface area (Å²) in [5.41, 5.74) is -1.15. The number of nitrogens with zero attached hydrogens (tertiary/aromatic N) is 2. The summed E-state index contributed by atoms with van der Waals surface area (Å²) in [7, 11) is 0. The zero-order chi connectivity index (χ0) is 20.3. The number of furan rings is 1. The van der Waals surface area contributed by atoms with Crippen LogP contribution in [0.5, 0.6) is 0 Å². The number of hydrogen-bond acceptors (Lipinski definition) is 4. The second kappa shape index (κ2) is 11.6. The molecule has 0 aliphatic carbocycles. The smallest absolute Gasteiger partial charge is 0.191 e. The zero-order valence-electron chi connectivity index (χ0n) is 17.2. The molecule has 0 aliphatic rings. The Labute approximate surface area is 164 Å². The van der Waals surface area contributed by atoms with Gasteiger partial charge in [0.25, 0.3) is 0 Å². The number of guanidine groups is 1. The van der Waals surface area contributed by atoms with E-state index in [0.717, 1.165) is 26.2 Å². The minimum absolute atomic E-state index is 0.200. The van der Waals surface area contributed by atoms with Crippen LogP contribution in [0.25, 0.3) is 0 Å². The summed E-state index contributed by atoms with van der Waals surface area (Å²) in [5.74, 6) is 1.63. The van der Waals surface area contributed by atoms with E-state index in [1.807, 2.05) is 19.1 Å². The molecule has 0 amide bonds. The summed E-state index contributed by atoms with van der Waals surface area (Å²) in [5, 5.41) is 17.2. The summed E-state index contributed by atoms with van der Waals surface area (Å²) in [6.45, 7) is 19.1. The Hall–Kier alpha value is -2.05. The summed E-state index contributed by atoms with van der Waals surface area (Å²) in [4.78, 5) is 6.88. The van der Waals surface area contributed by atoms with Crippen molar-refractivity contribution in [1.82, 2.24) is 15.5 Å². The number of rotatable bonds is 12. The molecule has 1 heterocycles. The molecule has 3 N–H and O–H groups in total. The van der Waals surface area contributed by atoms with Crippen LogP contribution in [0.4, 0.5) is 0 Å². The molecule has 0 bridgehead atoms. The molecule has 0 fully saturated rings. The first-order chi connectivity index (χ1) is 12.9. The number of hydrogen-bond donors (Lipinski definition) is 3. The Bertz CT molecular complexity index is 569. The Morgan fingerprint density at radius 3 is 2.48 bits per heavy atom. The molecule has 0 spiro atoms. The molecule has 6 nitrogen and oxygen atoms in total. The SMILES string of the molecule is C=CCN(CC=C)C(CNC(=NCC(C)(O)c1ccco1)NCC)C(C)C. The Kier molecular flexibility index (Phi) is 9.89. The molecule has 1 aromatic rings. The maximum Gasteiger partial charge on any atom is 0.191 e. The van der Waals surface area contributed by atoms with Gasteiger partial charge in [-0.2, -0.15) is 0 Å². The van der Waals surface area contributed by atoms with Gasteiger partial charge in [0.2, 0.25) is 0 Å². The monoisotopic (exact) mass is 376 g/mol. The van der Waals surface area contributed by atoms with Crippen molar-refractivity contribution < 1.29 is 9.52 Å². The molecule has 2 unspecified atom stereocenters. The van der Waals surface area contributed by atoms with Crippen LogP contribution in [0.1, 0.15) is 33.5 Å². The first-order valence-corrected chi connectivity index (χ1v) is 9.60. The maximum absolute atomic E-state index is 10.6. The predicted octanol–water partition coefficient (Wildman–Crippen LogP) is 2.74. The Morgan fingerprint density at radius 2 is 2.00 bits per heavy atom. The van der Waals surface area contributed by atoms with Crippen LogP contribution >= 0.6 is 0 Å². The van der Waals surface area contributed by atoms with Gasteiger partial charge in [0, 0.05) is 32.2 Å². The van der Waals surface area contributed by atoms with Crippen LogP contribution in [0, 0.1) is 5.92 Å². The third kappa shape index (κ3) is 7.61. The largest absolute Gasteiger partial charge is 0.466 e. The Morgan fingerprint density at radius 1 is 1.33 bits per heavy atom. The van der Waals surface area contributed by atoms with Gasteiger partial charge in [0.15, 0.2) is 5.96 Å². The lowest BCUT2D eigenvalue weighted by molar-refractivity contribution is 0.0436. The van der Waals surface area contributed by atoms with E-state index in [2.05, 4.69) is 47.5 Å². The highest BCUT2D eigenvalue weighted by atomic mass is 16.4. The van der Waals surface area contributed by atoms with Gasteiger partial charge in [-0.25, -0.2) is 4.99 Å². The minimum atomic E-state index is -1.15. The lowest BCUT2D eigenvalue weighted by Gasteiger charge is -2.33. The molecule has 1 aromatic heterocycles. The average molecular weight is 377 g/mol. The first kappa shape index (κ1) is 23.0. The van der Waals surface area contributed by atoms with Crippen LogP contribution < -0.4 is 10.6 Å². The van der Waals surface area contributed by atoms with E-state index in [-0.39, 0.29) is 6.54 Å². The van der Waals surface area contributed by atoms with Gasteiger partial charge in [-0.15, -0.1) is 13.2 Å². The van der Waals surface area contributed by atoms with Crippen molar-refractivity contribution in [2.75, 3.05) is 32.7 Å². The van der Waals surface area contributed by atoms with Crippen LogP contribution in [-0.4, -0.2) is 54.7 Å². The zero-order valence-corrected chi connectivity index (χ0v) is 17.2. The first-order valence-electron chi connectivity index (χ1n) is 9.60. The normalized spacial score (nSPS) is 15.4. The number of nitrogens with one attached hydrogen (secondary N) is 2. The van der Waals surface area contributed by atoms with Crippen LogP contribution in [0.3, 0.4) is 0 Å². The molecule has 27 heavy (non-hydrogen) atoms. The maximum atomic E-state index is 10.6. The third-order valence-corrected chi connectivity index (χ3v) is 4.39. The molecular weight excluding hydrogens is 340 g/mol. The highest BCUT2D eigenvalue weighted by molar-refractivity contribution is 5.79. The van der Waals surface area contributed by atoms with Gasteiger partial charge in [-0.05, 0) is 31.9 Å². The fourth-order valence-electron chi connectivity index (χ4n) is 2.90. The third-order valence-electron chi connectivity index (χ3n) is 4.39. The molecule has 6 heteroatoms. The molecule has 152 valence electrons. The van der Waals surface area contributed by atoms with Gasteiger partial charge in [0.1, 0.15) is 11.4 Å². The summed E-state index contributed by atoms with van der Waals surface area (Å²) < 4.78 is 5.32. The summed E-state index contributed by atoms with van der Waals surface area (Å²) >= 11 is 0. The lowest BCUT2D eigenvalue weighted by atomic mass is 10.0. The topological polar surface area (TPSA) is 73.0 Å². The highest BCUT2D eigenvalue weighted by Crippen LogP contribution is 2.21. The van der Waals surface area contributed by atoms with E-state index in [1.54, 1.807) is 25.3 Å². The molecule has 0 radical (unpaired) electrons. The van der Waals surface area contributed by atoms with Crippen molar-refractivity contribution in [3.8, 4) is 0 Å². The van der Waals surface area contributed by atoms with Gasteiger partial charge in [-0.3, -0.25) is 4.90 Å². The number of aliphatic imine (C=N–C) groups is 1. The second-order valence-electron chi connectivity index (χ2n) is 7.17. The summed E-state index contributed by atoms with van der Waals surface area (Å²) in [6, 6.07) is 3.82. The molecule has 0 aliphatic heterocycles. The van der Waals surface area contributed by atoms with Crippen molar-refractivity contribution >= 4 is 5.96 Å². The molecule has 2 atom stereocenters. The molecular formula is C21H36N4O2. The van der Waals surface area contributed by atoms with Crippen molar-refractivity contribution in [1.29, 1.82) is 0 Å². The predicted molar refractivity (Wildman–Crippen MR) is 113 cm³/mol. The van der Waals surface area contributed by atoms with Crippen LogP contribution in [0.2, 0.25) is 0 Å². The van der Waals surface area contributed by atoms with Gasteiger partial charge in [-0.1, -0.05) is 26.0 Å². The average Bonchev–Trinajstić information content (AvgIpc) is 3.15. The fraction of sp³-hybridized carbons (Fsp3) is 0.571. The van der Waals surface area contributed by atoms with Gasteiger partial charge >= 0.3 is 0 Å². The molecule has 1 rings (SSSR count). The van der Waals surface area contributed by atoms with Crippen LogP contribution in [-0.2, 0) is 5.60 Å². The minimum Gasteiger partial charge on any atom is -0.466 e. The van der Waals surface area contributed by atoms with Gasteiger partial charge in [0.05, 0.1) is 12.8 Å². The lowest BCUT2D eigenvalue weighted by Crippen LogP contribution is -2.49. The van der Waals surface area contributed by atoms with E-state index in [4.69, 9.17) is 4.42 Å². The van der Waals surface area contributed by atoms with Gasteiger partial charge < -0.3 is 20.2 Å². The van der Waals surface area contributed by atoms with E-state index < -0.39 is 5.60 Å². The molecule has 0 saturated heterocycles. The highest BCUT2D eigenvalue weighted by Gasteiger charge is 2.26. The molecule has 0 aromatic carbocycles. The van der Waals surface area contributed by atoms with E-state index in [9.17, 15) is 5.11 Å². The fourth-order valence-corrected chi connectivity index (χ4v) is 2.90. The summed E-state index contributed by atoms with van der Waals surface area (Å²) in [6.07, 6.45) is 5.38. The van der Waals surface area contributed by atoms with E-state index >= 15 is 0 Å².